The largest absolute Gasteiger partial charge is 0.347 e. The Morgan fingerprint density at radius 2 is 1.81 bits per heavy atom. The van der Waals surface area contributed by atoms with E-state index >= 15 is 0 Å². The summed E-state index contributed by atoms with van der Waals surface area (Å²) in [6.45, 7) is 5.03. The van der Waals surface area contributed by atoms with Crippen LogP contribution in [0.25, 0.3) is 0 Å². The molecule has 2 atom stereocenters. The minimum atomic E-state index is -0.656. The first-order valence-corrected chi connectivity index (χ1v) is 7.40. The summed E-state index contributed by atoms with van der Waals surface area (Å²) in [6.07, 6.45) is 1.11. The molecular weight excluding hydrogens is 270 g/mol. The predicted octanol–water partition coefficient (Wildman–Crippen LogP) is 2.98. The van der Waals surface area contributed by atoms with Gasteiger partial charge in [0, 0.05) is 23.2 Å². The first-order chi connectivity index (χ1) is 9.94. The van der Waals surface area contributed by atoms with Crippen molar-refractivity contribution in [3.8, 4) is 0 Å². The number of rotatable bonds is 2. The average molecular weight is 291 g/mol. The molecule has 21 heavy (non-hydrogen) atoms. The van der Waals surface area contributed by atoms with Gasteiger partial charge < -0.3 is 9.47 Å². The molecule has 0 amide bonds. The molecule has 1 aliphatic heterocycles. The molecule has 1 heterocycles. The van der Waals surface area contributed by atoms with Gasteiger partial charge in [-0.05, 0) is 5.56 Å². The Labute approximate surface area is 124 Å². The van der Waals surface area contributed by atoms with E-state index in [4.69, 9.17) is 9.47 Å². The van der Waals surface area contributed by atoms with Crippen LogP contribution in [0, 0.1) is 15.5 Å². The lowest BCUT2D eigenvalue weighted by Gasteiger charge is -2.46. The van der Waals surface area contributed by atoms with Gasteiger partial charge in [-0.3, -0.25) is 10.1 Å². The van der Waals surface area contributed by atoms with Gasteiger partial charge in [0.1, 0.15) is 0 Å². The highest BCUT2D eigenvalue weighted by atomic mass is 16.7. The molecule has 0 unspecified atom stereocenters. The number of hydrogen-bond donors (Lipinski definition) is 0. The molecule has 1 aromatic carbocycles. The zero-order valence-electron chi connectivity index (χ0n) is 12.5. The van der Waals surface area contributed by atoms with Gasteiger partial charge in [-0.15, -0.1) is 0 Å². The zero-order valence-corrected chi connectivity index (χ0v) is 12.5. The van der Waals surface area contributed by atoms with Crippen LogP contribution in [0.1, 0.15) is 38.2 Å². The average Bonchev–Trinajstić information content (AvgIpc) is 2.85. The molecule has 2 aliphatic rings. The van der Waals surface area contributed by atoms with Crippen LogP contribution in [-0.4, -0.2) is 30.0 Å². The van der Waals surface area contributed by atoms with Crippen molar-refractivity contribution in [1.29, 1.82) is 0 Å². The predicted molar refractivity (Wildman–Crippen MR) is 77.6 cm³/mol. The summed E-state index contributed by atoms with van der Waals surface area (Å²) in [4.78, 5) is 11.6. The molecule has 5 heteroatoms. The standard InChI is InChI=1S/C16H21NO4/c1-15(2)11-16(20-8-9-21-16)10-13(14(15)17(18)19)12-6-4-3-5-7-12/h3-7,13-14H,8-11H2,1-2H3/t13-,14+/m0/s1. The third kappa shape index (κ3) is 2.56. The van der Waals surface area contributed by atoms with Crippen LogP contribution in [0.4, 0.5) is 0 Å². The summed E-state index contributed by atoms with van der Waals surface area (Å²) in [7, 11) is 0. The topological polar surface area (TPSA) is 61.6 Å². The van der Waals surface area contributed by atoms with Crippen molar-refractivity contribution in [3.63, 3.8) is 0 Å². The van der Waals surface area contributed by atoms with E-state index in [1.54, 1.807) is 0 Å². The molecule has 2 fully saturated rings. The number of ether oxygens (including phenoxy) is 2. The highest BCUT2D eigenvalue weighted by Crippen LogP contribution is 2.52. The minimum absolute atomic E-state index is 0.126. The fourth-order valence-electron chi connectivity index (χ4n) is 4.01. The fraction of sp³-hybridized carbons (Fsp3) is 0.625. The van der Waals surface area contributed by atoms with Crippen LogP contribution < -0.4 is 0 Å². The maximum atomic E-state index is 11.7. The SMILES string of the molecule is CC1(C)CC2(C[C@@H](c3ccccc3)[C@H]1[N+](=O)[O-])OCCO2. The Hall–Kier alpha value is -1.46. The Kier molecular flexibility index (Phi) is 3.50. The van der Waals surface area contributed by atoms with Crippen molar-refractivity contribution >= 4 is 0 Å². The van der Waals surface area contributed by atoms with Gasteiger partial charge in [0.15, 0.2) is 5.79 Å². The second kappa shape index (κ2) is 5.07. The normalized spacial score (nSPS) is 30.4. The van der Waals surface area contributed by atoms with Gasteiger partial charge in [0.05, 0.1) is 19.1 Å². The van der Waals surface area contributed by atoms with E-state index in [0.29, 0.717) is 26.1 Å². The van der Waals surface area contributed by atoms with Crippen LogP contribution >= 0.6 is 0 Å². The molecular formula is C16H21NO4. The molecule has 0 aromatic heterocycles. The number of nitrogens with zero attached hydrogens (tertiary/aromatic N) is 1. The fourth-order valence-corrected chi connectivity index (χ4v) is 4.01. The summed E-state index contributed by atoms with van der Waals surface area (Å²) in [6, 6.07) is 9.08. The van der Waals surface area contributed by atoms with Crippen molar-refractivity contribution in [2.45, 2.75) is 44.4 Å². The lowest BCUT2D eigenvalue weighted by atomic mass is 9.64. The van der Waals surface area contributed by atoms with Crippen LogP contribution in [-0.2, 0) is 9.47 Å². The maximum Gasteiger partial charge on any atom is 0.225 e. The summed E-state index contributed by atoms with van der Waals surface area (Å²) in [5, 5.41) is 11.7. The molecule has 114 valence electrons. The Balaban J connectivity index is 2.01. The van der Waals surface area contributed by atoms with E-state index in [9.17, 15) is 10.1 Å². The lowest BCUT2D eigenvalue weighted by molar-refractivity contribution is -0.553. The van der Waals surface area contributed by atoms with E-state index in [2.05, 4.69) is 0 Å². The van der Waals surface area contributed by atoms with Gasteiger partial charge in [-0.1, -0.05) is 44.2 Å². The molecule has 1 aromatic rings. The van der Waals surface area contributed by atoms with Gasteiger partial charge >= 0.3 is 0 Å². The van der Waals surface area contributed by atoms with Crippen molar-refractivity contribution < 1.29 is 14.4 Å². The van der Waals surface area contributed by atoms with E-state index in [1.165, 1.54) is 0 Å². The van der Waals surface area contributed by atoms with Crippen molar-refractivity contribution in [1.82, 2.24) is 0 Å². The molecule has 1 saturated carbocycles. The second-order valence-electron chi connectivity index (χ2n) is 6.72. The van der Waals surface area contributed by atoms with Gasteiger partial charge in [-0.25, -0.2) is 0 Å². The summed E-state index contributed by atoms with van der Waals surface area (Å²) in [5.41, 5.74) is 0.512. The van der Waals surface area contributed by atoms with E-state index in [1.807, 2.05) is 44.2 Å². The Morgan fingerprint density at radius 1 is 1.19 bits per heavy atom. The second-order valence-corrected chi connectivity index (χ2v) is 6.72. The summed E-state index contributed by atoms with van der Waals surface area (Å²) >= 11 is 0. The van der Waals surface area contributed by atoms with Crippen LogP contribution in [0.15, 0.2) is 30.3 Å². The molecule has 1 saturated heterocycles. The third-order valence-corrected chi connectivity index (χ3v) is 4.71. The highest BCUT2D eigenvalue weighted by Gasteiger charge is 2.58. The van der Waals surface area contributed by atoms with Crippen molar-refractivity contribution in [2.24, 2.45) is 5.41 Å². The van der Waals surface area contributed by atoms with E-state index in [0.717, 1.165) is 5.56 Å². The molecule has 0 N–H and O–H groups in total. The maximum absolute atomic E-state index is 11.7. The Morgan fingerprint density at radius 3 is 2.38 bits per heavy atom. The summed E-state index contributed by atoms with van der Waals surface area (Å²) < 4.78 is 11.7. The molecule has 1 aliphatic carbocycles. The number of nitro groups is 1. The van der Waals surface area contributed by atoms with Gasteiger partial charge in [0.2, 0.25) is 6.04 Å². The third-order valence-electron chi connectivity index (χ3n) is 4.71. The smallest absolute Gasteiger partial charge is 0.225 e. The lowest BCUT2D eigenvalue weighted by Crippen LogP contribution is -2.53. The monoisotopic (exact) mass is 291 g/mol. The number of hydrogen-bond acceptors (Lipinski definition) is 4. The minimum Gasteiger partial charge on any atom is -0.347 e. The van der Waals surface area contributed by atoms with Crippen LogP contribution in [0.3, 0.4) is 0 Å². The molecule has 0 bridgehead atoms. The zero-order chi connectivity index (χ0) is 15.1. The van der Waals surface area contributed by atoms with E-state index < -0.39 is 17.2 Å². The Bertz CT molecular complexity index is 522. The van der Waals surface area contributed by atoms with Gasteiger partial charge in [0.25, 0.3) is 0 Å². The van der Waals surface area contributed by atoms with Crippen molar-refractivity contribution in [3.05, 3.63) is 46.0 Å². The van der Waals surface area contributed by atoms with Crippen molar-refractivity contribution in [2.75, 3.05) is 13.2 Å². The van der Waals surface area contributed by atoms with E-state index in [-0.39, 0.29) is 10.8 Å². The van der Waals surface area contributed by atoms with Gasteiger partial charge in [-0.2, -0.15) is 0 Å². The molecule has 3 rings (SSSR count). The first-order valence-electron chi connectivity index (χ1n) is 7.40. The first kappa shape index (κ1) is 14.5. The van der Waals surface area contributed by atoms with Crippen LogP contribution in [0.5, 0.6) is 0 Å². The molecule has 5 nitrogen and oxygen atoms in total. The molecule has 0 radical (unpaired) electrons. The summed E-state index contributed by atoms with van der Waals surface area (Å²) in [5.74, 6) is -0.848. The highest BCUT2D eigenvalue weighted by molar-refractivity contribution is 5.24. The number of benzene rings is 1. The quantitative estimate of drug-likeness (QED) is 0.621. The molecule has 1 spiro atoms. The van der Waals surface area contributed by atoms with Crippen LogP contribution in [0.2, 0.25) is 0 Å².